The maximum absolute atomic E-state index is 15.2. The molecule has 0 bridgehead atoms. The quantitative estimate of drug-likeness (QED) is 0.688. The monoisotopic (exact) mass is 409 g/mol. The Hall–Kier alpha value is -2.08. The number of piperidine rings is 1. The molecule has 0 saturated carbocycles. The van der Waals surface area contributed by atoms with Crippen molar-refractivity contribution in [2.75, 3.05) is 13.1 Å². The topological polar surface area (TPSA) is 46.1 Å². The lowest BCUT2D eigenvalue weighted by Gasteiger charge is -2.36. The average Bonchev–Trinajstić information content (AvgIpc) is 2.70. The van der Waals surface area contributed by atoms with Crippen molar-refractivity contribution in [3.63, 3.8) is 0 Å². The van der Waals surface area contributed by atoms with Gasteiger partial charge in [-0.1, -0.05) is 18.5 Å². The molecule has 0 unspecified atom stereocenters. The highest BCUT2D eigenvalue weighted by molar-refractivity contribution is 6.31. The van der Waals surface area contributed by atoms with Crippen LogP contribution in [0.1, 0.15) is 57.1 Å². The maximum Gasteiger partial charge on any atom is 0.253 e. The lowest BCUT2D eigenvalue weighted by molar-refractivity contribution is 0.0389. The molecule has 1 amide bonds. The summed E-state index contributed by atoms with van der Waals surface area (Å²) in [7, 11) is 0. The van der Waals surface area contributed by atoms with Gasteiger partial charge in [0.1, 0.15) is 17.3 Å². The first-order valence-corrected chi connectivity index (χ1v) is 9.70. The molecule has 1 saturated heterocycles. The van der Waals surface area contributed by atoms with Crippen molar-refractivity contribution in [3.8, 4) is 0 Å². The van der Waals surface area contributed by atoms with Crippen molar-refractivity contribution in [1.29, 1.82) is 0 Å². The number of benzene rings is 1. The Morgan fingerprint density at radius 2 is 2.00 bits per heavy atom. The zero-order chi connectivity index (χ0) is 21.9. The summed E-state index contributed by atoms with van der Waals surface area (Å²) in [5, 5.41) is -0.108. The second-order valence-corrected chi connectivity index (χ2v) is 7.47. The summed E-state index contributed by atoms with van der Waals surface area (Å²) in [4.78, 5) is 22.5. The number of alkyl halides is 1. The van der Waals surface area contributed by atoms with Gasteiger partial charge in [-0.25, -0.2) is 18.7 Å². The number of hydrogen-bond donors (Lipinski definition) is 0. The Bertz CT molecular complexity index is 898. The fraction of sp³-hybridized carbons (Fsp3) is 0.476. The van der Waals surface area contributed by atoms with Crippen molar-refractivity contribution in [2.45, 2.75) is 51.1 Å². The predicted octanol–water partition coefficient (Wildman–Crippen LogP) is 4.80. The van der Waals surface area contributed by atoms with Crippen LogP contribution in [0.5, 0.6) is 0 Å². The largest absolute Gasteiger partial charge is 0.338 e. The standard InChI is InChI=1S/C21H24ClF2N3O/c1-2-15-13-25-19(26-14-15)4-3-7-21(24)8-10-27(11-9-21)20(28)16-5-6-18(23)17(22)12-16/h5-6,12-14H,2-4,7-11H2,1H3/i2D2. The van der Waals surface area contributed by atoms with E-state index in [1.165, 1.54) is 31.5 Å². The highest BCUT2D eigenvalue weighted by Gasteiger charge is 2.35. The second-order valence-electron chi connectivity index (χ2n) is 7.06. The first-order valence-electron chi connectivity index (χ1n) is 10.3. The van der Waals surface area contributed by atoms with E-state index in [2.05, 4.69) is 9.97 Å². The minimum absolute atomic E-state index is 0.108. The van der Waals surface area contributed by atoms with Crippen LogP contribution in [0.2, 0.25) is 5.02 Å². The third-order valence-electron chi connectivity index (χ3n) is 5.13. The number of aryl methyl sites for hydroxylation is 2. The Labute approximate surface area is 171 Å². The number of likely N-dealkylation sites (tertiary alicyclic amines) is 1. The molecule has 0 spiro atoms. The van der Waals surface area contributed by atoms with Crippen molar-refractivity contribution in [1.82, 2.24) is 14.9 Å². The van der Waals surface area contributed by atoms with Crippen molar-refractivity contribution in [3.05, 3.63) is 58.4 Å². The number of aromatic nitrogens is 2. The fourth-order valence-corrected chi connectivity index (χ4v) is 3.53. The summed E-state index contributed by atoms with van der Waals surface area (Å²) >= 11 is 5.75. The molecule has 2 aromatic rings. The molecule has 1 aliphatic rings. The van der Waals surface area contributed by atoms with Crippen molar-refractivity contribution < 1.29 is 16.3 Å². The molecule has 150 valence electrons. The van der Waals surface area contributed by atoms with Gasteiger partial charge in [-0.15, -0.1) is 0 Å². The molecule has 7 heteroatoms. The van der Waals surface area contributed by atoms with Gasteiger partial charge >= 0.3 is 0 Å². The number of carbonyl (C=O) groups is 1. The Balaban J connectivity index is 1.48. The summed E-state index contributed by atoms with van der Waals surface area (Å²) in [6.45, 7) is 2.03. The van der Waals surface area contributed by atoms with Crippen LogP contribution in [0.25, 0.3) is 0 Å². The van der Waals surface area contributed by atoms with Gasteiger partial charge in [0.05, 0.1) is 5.02 Å². The molecule has 1 fully saturated rings. The van der Waals surface area contributed by atoms with Crippen molar-refractivity contribution >= 4 is 17.5 Å². The van der Waals surface area contributed by atoms with E-state index >= 15 is 4.39 Å². The van der Waals surface area contributed by atoms with Crippen LogP contribution in [0.15, 0.2) is 30.6 Å². The van der Waals surface area contributed by atoms with E-state index in [-0.39, 0.29) is 23.8 Å². The van der Waals surface area contributed by atoms with Gasteiger partial charge in [-0.05, 0) is 55.8 Å². The van der Waals surface area contributed by atoms with E-state index in [1.807, 2.05) is 0 Å². The van der Waals surface area contributed by atoms with Gasteiger partial charge in [0.25, 0.3) is 5.91 Å². The van der Waals surface area contributed by atoms with E-state index in [1.54, 1.807) is 4.90 Å². The minimum atomic E-state index is -1.49. The van der Waals surface area contributed by atoms with E-state index in [0.29, 0.717) is 49.3 Å². The van der Waals surface area contributed by atoms with E-state index in [4.69, 9.17) is 14.3 Å². The molecule has 0 radical (unpaired) electrons. The molecular formula is C21H24ClF2N3O. The van der Waals surface area contributed by atoms with E-state index in [0.717, 1.165) is 6.07 Å². The lowest BCUT2D eigenvalue weighted by atomic mass is 9.88. The third-order valence-corrected chi connectivity index (χ3v) is 5.42. The zero-order valence-electron chi connectivity index (χ0n) is 17.7. The van der Waals surface area contributed by atoms with Gasteiger partial charge < -0.3 is 4.90 Å². The Kier molecular flexibility index (Phi) is 5.75. The molecule has 1 aromatic carbocycles. The molecule has 4 nitrogen and oxygen atoms in total. The summed E-state index contributed by atoms with van der Waals surface area (Å²) in [5.41, 5.74) is -0.643. The number of amides is 1. The second kappa shape index (κ2) is 8.95. The average molecular weight is 410 g/mol. The zero-order valence-corrected chi connectivity index (χ0v) is 16.5. The summed E-state index contributed by atoms with van der Waals surface area (Å²) < 4.78 is 43.7. The number of halogens is 3. The van der Waals surface area contributed by atoms with Crippen LogP contribution >= 0.6 is 11.6 Å². The molecule has 0 N–H and O–H groups in total. The van der Waals surface area contributed by atoms with Gasteiger partial charge in [0, 0.05) is 40.2 Å². The molecule has 1 aliphatic heterocycles. The van der Waals surface area contributed by atoms with Crippen LogP contribution < -0.4 is 0 Å². The Morgan fingerprint density at radius 3 is 2.61 bits per heavy atom. The molecule has 3 rings (SSSR count). The molecular weight excluding hydrogens is 384 g/mol. The summed E-state index contributed by atoms with van der Waals surface area (Å²) in [6.07, 6.45) is 3.35. The first kappa shape index (κ1) is 18.0. The van der Waals surface area contributed by atoms with Crippen LogP contribution in [0, 0.1) is 5.82 Å². The van der Waals surface area contributed by atoms with Gasteiger partial charge in [0.15, 0.2) is 0 Å². The lowest BCUT2D eigenvalue weighted by Crippen LogP contribution is -2.44. The third kappa shape index (κ3) is 5.04. The highest BCUT2D eigenvalue weighted by Crippen LogP contribution is 2.32. The van der Waals surface area contributed by atoms with Crippen molar-refractivity contribution in [2.24, 2.45) is 0 Å². The highest BCUT2D eigenvalue weighted by atomic mass is 35.5. The van der Waals surface area contributed by atoms with Gasteiger partial charge in [-0.3, -0.25) is 4.79 Å². The van der Waals surface area contributed by atoms with Gasteiger partial charge in [0.2, 0.25) is 0 Å². The maximum atomic E-state index is 15.2. The molecule has 0 atom stereocenters. The SMILES string of the molecule is [2H]C([2H])(C)c1cnc(CCCC2(F)CCN(C(=O)c3ccc(F)c(Cl)c3)CC2)nc1. The van der Waals surface area contributed by atoms with Crippen LogP contribution in [-0.2, 0) is 12.8 Å². The van der Waals surface area contributed by atoms with Gasteiger partial charge in [-0.2, -0.15) is 0 Å². The number of hydrogen-bond acceptors (Lipinski definition) is 3. The number of nitrogens with zero attached hydrogens (tertiary/aromatic N) is 3. The fourth-order valence-electron chi connectivity index (χ4n) is 3.35. The molecule has 28 heavy (non-hydrogen) atoms. The summed E-state index contributed by atoms with van der Waals surface area (Å²) in [6, 6.07) is 3.84. The number of carbonyl (C=O) groups excluding carboxylic acids is 1. The van der Waals surface area contributed by atoms with Crippen LogP contribution in [-0.4, -0.2) is 39.5 Å². The predicted molar refractivity (Wildman–Crippen MR) is 105 cm³/mol. The normalized spacial score (nSPS) is 17.8. The number of rotatable bonds is 6. The molecule has 1 aromatic heterocycles. The minimum Gasteiger partial charge on any atom is -0.338 e. The molecule has 0 aliphatic carbocycles. The van der Waals surface area contributed by atoms with E-state index < -0.39 is 17.9 Å². The first-order chi connectivity index (χ1) is 14.1. The molecule has 2 heterocycles. The Morgan fingerprint density at radius 1 is 1.32 bits per heavy atom. The van der Waals surface area contributed by atoms with E-state index in [9.17, 15) is 9.18 Å². The summed E-state index contributed by atoms with van der Waals surface area (Å²) in [5.74, 6) is -0.294. The smallest absolute Gasteiger partial charge is 0.253 e. The van der Waals surface area contributed by atoms with Crippen LogP contribution in [0.3, 0.4) is 0 Å². The van der Waals surface area contributed by atoms with Crippen LogP contribution in [0.4, 0.5) is 8.78 Å².